The van der Waals surface area contributed by atoms with Gasteiger partial charge in [0.05, 0.1) is 11.8 Å². The monoisotopic (exact) mass is 304 g/mol. The van der Waals surface area contributed by atoms with E-state index in [0.29, 0.717) is 12.6 Å². The molecule has 1 rings (SSSR count). The first kappa shape index (κ1) is 18.2. The molecule has 120 valence electrons. The molecule has 1 unspecified atom stereocenters. The molecule has 4 nitrogen and oxygen atoms in total. The summed E-state index contributed by atoms with van der Waals surface area (Å²) in [7, 11) is -0.807. The summed E-state index contributed by atoms with van der Waals surface area (Å²) in [6, 6.07) is 0.544. The van der Waals surface area contributed by atoms with Gasteiger partial charge in [-0.05, 0) is 46.1 Å². The number of rotatable bonds is 4. The van der Waals surface area contributed by atoms with Gasteiger partial charge in [0.15, 0.2) is 0 Å². The van der Waals surface area contributed by atoms with Gasteiger partial charge in [0.25, 0.3) is 7.52 Å². The van der Waals surface area contributed by atoms with Crippen molar-refractivity contribution in [1.82, 2.24) is 9.99 Å². The Labute approximate surface area is 125 Å². The van der Waals surface area contributed by atoms with Crippen LogP contribution in [-0.2, 0) is 9.09 Å². The third-order valence-corrected chi connectivity index (χ3v) is 7.09. The first-order chi connectivity index (χ1) is 8.99. The van der Waals surface area contributed by atoms with Gasteiger partial charge in [0.1, 0.15) is 0 Å². The fraction of sp³-hybridized carbons (Fsp3) is 1.00. The van der Waals surface area contributed by atoms with Crippen molar-refractivity contribution >= 4 is 7.52 Å². The van der Waals surface area contributed by atoms with Crippen LogP contribution in [0.4, 0.5) is 0 Å². The van der Waals surface area contributed by atoms with E-state index in [1.165, 1.54) is 0 Å². The van der Waals surface area contributed by atoms with Crippen molar-refractivity contribution < 1.29 is 9.09 Å². The average Bonchev–Trinajstić information content (AvgIpc) is 2.34. The average molecular weight is 304 g/mol. The van der Waals surface area contributed by atoms with Gasteiger partial charge in [-0.25, -0.2) is 4.67 Å². The Bertz CT molecular complexity index is 350. The number of hydrogen-bond acceptors (Lipinski definition) is 3. The van der Waals surface area contributed by atoms with Crippen LogP contribution in [-0.4, -0.2) is 42.6 Å². The highest BCUT2D eigenvalue weighted by Gasteiger charge is 2.45. The molecule has 0 aromatic carbocycles. The van der Waals surface area contributed by atoms with Crippen LogP contribution in [0.2, 0.25) is 0 Å². The number of piperidine rings is 1. The molecular weight excluding hydrogens is 271 g/mol. The maximum atomic E-state index is 13.5. The molecule has 1 atom stereocenters. The van der Waals surface area contributed by atoms with Gasteiger partial charge >= 0.3 is 0 Å². The fourth-order valence-electron chi connectivity index (χ4n) is 2.40. The largest absolute Gasteiger partial charge is 0.317 e. The van der Waals surface area contributed by atoms with E-state index < -0.39 is 7.52 Å². The first-order valence-electron chi connectivity index (χ1n) is 7.67. The van der Waals surface area contributed by atoms with Crippen molar-refractivity contribution in [2.45, 2.75) is 65.6 Å². The number of hydrogen-bond donors (Lipinski definition) is 1. The van der Waals surface area contributed by atoms with Crippen molar-refractivity contribution in [3.05, 3.63) is 0 Å². The molecule has 1 fully saturated rings. The second-order valence-electron chi connectivity index (χ2n) is 8.04. The van der Waals surface area contributed by atoms with Crippen LogP contribution in [0.25, 0.3) is 0 Å². The normalized spacial score (nSPS) is 22.8. The second-order valence-corrected chi connectivity index (χ2v) is 11.2. The Hall–Kier alpha value is 0.110. The summed E-state index contributed by atoms with van der Waals surface area (Å²) in [5.41, 5.74) is 0.0320. The molecule has 5 heteroatoms. The molecule has 1 N–H and O–H groups in total. The van der Waals surface area contributed by atoms with Gasteiger partial charge < -0.3 is 9.84 Å². The van der Waals surface area contributed by atoms with Crippen molar-refractivity contribution in [2.75, 3.05) is 26.7 Å². The van der Waals surface area contributed by atoms with Gasteiger partial charge in [-0.3, -0.25) is 4.57 Å². The Balaban J connectivity index is 2.82. The minimum absolute atomic E-state index is 0.0320. The van der Waals surface area contributed by atoms with Crippen LogP contribution in [0.5, 0.6) is 0 Å². The standard InChI is InChI=1S/C15H33N2O2P/c1-14(2,3)12-19-20(18,15(4,5)6)17-10-8-13(16-7)9-11-17/h13,16H,8-12H2,1-7H3. The molecule has 0 amide bonds. The smallest absolute Gasteiger partial charge is 0.277 e. The van der Waals surface area contributed by atoms with E-state index in [0.717, 1.165) is 25.9 Å². The van der Waals surface area contributed by atoms with Crippen LogP contribution in [0.3, 0.4) is 0 Å². The third kappa shape index (κ3) is 4.56. The highest BCUT2D eigenvalue weighted by Crippen LogP contribution is 2.62. The molecule has 0 aliphatic carbocycles. The Morgan fingerprint density at radius 3 is 2.00 bits per heavy atom. The van der Waals surface area contributed by atoms with Gasteiger partial charge in [-0.1, -0.05) is 20.8 Å². The molecule has 0 aromatic heterocycles. The molecule has 1 aliphatic rings. The second kappa shape index (κ2) is 6.48. The van der Waals surface area contributed by atoms with Crippen LogP contribution in [0, 0.1) is 5.41 Å². The summed E-state index contributed by atoms with van der Waals surface area (Å²) in [6.45, 7) is 14.7. The number of nitrogens with zero attached hydrogens (tertiary/aromatic N) is 1. The van der Waals surface area contributed by atoms with Gasteiger partial charge in [0.2, 0.25) is 0 Å². The zero-order valence-corrected chi connectivity index (χ0v) is 15.2. The molecule has 0 radical (unpaired) electrons. The number of nitrogens with one attached hydrogen (secondary N) is 1. The van der Waals surface area contributed by atoms with Crippen LogP contribution in [0.1, 0.15) is 54.4 Å². The summed E-state index contributed by atoms with van der Waals surface area (Å²) in [5, 5.41) is 2.97. The van der Waals surface area contributed by atoms with E-state index in [2.05, 4.69) is 30.8 Å². The van der Waals surface area contributed by atoms with Crippen LogP contribution >= 0.6 is 7.52 Å². The van der Waals surface area contributed by atoms with E-state index in [9.17, 15) is 4.57 Å². The van der Waals surface area contributed by atoms with E-state index in [1.54, 1.807) is 0 Å². The van der Waals surface area contributed by atoms with Crippen molar-refractivity contribution in [1.29, 1.82) is 0 Å². The van der Waals surface area contributed by atoms with E-state index >= 15 is 0 Å². The summed E-state index contributed by atoms with van der Waals surface area (Å²) in [4.78, 5) is 0. The summed E-state index contributed by atoms with van der Waals surface area (Å²) in [6.07, 6.45) is 2.07. The zero-order chi connectivity index (χ0) is 15.6. The SMILES string of the molecule is CNC1CCN(P(=O)(OCC(C)(C)C)C(C)(C)C)CC1. The highest BCUT2D eigenvalue weighted by atomic mass is 31.2. The maximum Gasteiger partial charge on any atom is 0.277 e. The Morgan fingerprint density at radius 2 is 1.65 bits per heavy atom. The lowest BCUT2D eigenvalue weighted by atomic mass is 9.99. The molecule has 0 saturated carbocycles. The van der Waals surface area contributed by atoms with E-state index in [4.69, 9.17) is 4.52 Å². The van der Waals surface area contributed by atoms with E-state index in [1.807, 2.05) is 27.8 Å². The lowest BCUT2D eigenvalue weighted by molar-refractivity contribution is 0.159. The zero-order valence-electron chi connectivity index (χ0n) is 14.3. The predicted octanol–water partition coefficient (Wildman–Crippen LogP) is 3.72. The first-order valence-corrected chi connectivity index (χ1v) is 9.25. The van der Waals surface area contributed by atoms with Gasteiger partial charge in [-0.2, -0.15) is 0 Å². The van der Waals surface area contributed by atoms with Crippen molar-refractivity contribution in [2.24, 2.45) is 5.41 Å². The fourth-order valence-corrected chi connectivity index (χ4v) is 5.12. The molecule has 1 aliphatic heterocycles. The molecule has 0 bridgehead atoms. The molecule has 0 spiro atoms. The summed E-state index contributed by atoms with van der Waals surface area (Å²) in [5.74, 6) is 0. The van der Waals surface area contributed by atoms with E-state index in [-0.39, 0.29) is 10.6 Å². The minimum atomic E-state index is -2.81. The molecule has 1 heterocycles. The van der Waals surface area contributed by atoms with Gasteiger partial charge in [0, 0.05) is 19.1 Å². The van der Waals surface area contributed by atoms with Gasteiger partial charge in [-0.15, -0.1) is 0 Å². The molecular formula is C15H33N2O2P. The molecule has 0 aromatic rings. The quantitative estimate of drug-likeness (QED) is 0.804. The molecule has 1 saturated heterocycles. The Kier molecular flexibility index (Phi) is 5.88. The summed E-state index contributed by atoms with van der Waals surface area (Å²) < 4.78 is 21.6. The highest BCUT2D eigenvalue weighted by molar-refractivity contribution is 7.58. The summed E-state index contributed by atoms with van der Waals surface area (Å²) >= 11 is 0. The van der Waals surface area contributed by atoms with Crippen molar-refractivity contribution in [3.63, 3.8) is 0 Å². The molecule has 20 heavy (non-hydrogen) atoms. The Morgan fingerprint density at radius 1 is 1.15 bits per heavy atom. The van der Waals surface area contributed by atoms with Crippen LogP contribution < -0.4 is 5.32 Å². The van der Waals surface area contributed by atoms with Crippen molar-refractivity contribution in [3.8, 4) is 0 Å². The maximum absolute atomic E-state index is 13.5. The topological polar surface area (TPSA) is 41.6 Å². The lowest BCUT2D eigenvalue weighted by Crippen LogP contribution is -2.43. The van der Waals surface area contributed by atoms with Crippen LogP contribution in [0.15, 0.2) is 0 Å². The predicted molar refractivity (Wildman–Crippen MR) is 86.4 cm³/mol. The minimum Gasteiger partial charge on any atom is -0.317 e. The lowest BCUT2D eigenvalue weighted by Gasteiger charge is -2.43. The third-order valence-electron chi connectivity index (χ3n) is 3.77.